The lowest BCUT2D eigenvalue weighted by atomic mass is 9.83. The number of amides is 1. The van der Waals surface area contributed by atoms with Crippen molar-refractivity contribution in [1.29, 1.82) is 0 Å². The molecule has 0 heterocycles. The van der Waals surface area contributed by atoms with Crippen LogP contribution in [0.15, 0.2) is 18.2 Å². The van der Waals surface area contributed by atoms with Crippen LogP contribution >= 0.6 is 0 Å². The first-order valence-corrected chi connectivity index (χ1v) is 6.31. The molecule has 1 aromatic rings. The SMILES string of the molecule is COc1ccc(C(=O)O)c(NC(=O)CC2CCC2)c1. The number of aromatic carboxylic acids is 1. The van der Waals surface area contributed by atoms with Crippen LogP contribution in [0.4, 0.5) is 5.69 Å². The minimum Gasteiger partial charge on any atom is -0.497 e. The molecule has 19 heavy (non-hydrogen) atoms. The molecule has 1 saturated carbocycles. The van der Waals surface area contributed by atoms with Crippen molar-refractivity contribution in [2.75, 3.05) is 12.4 Å². The number of hydrogen-bond donors (Lipinski definition) is 2. The third-order valence-corrected chi connectivity index (χ3v) is 3.43. The van der Waals surface area contributed by atoms with Gasteiger partial charge in [0.1, 0.15) is 5.75 Å². The van der Waals surface area contributed by atoms with Crippen molar-refractivity contribution in [3.8, 4) is 5.75 Å². The van der Waals surface area contributed by atoms with E-state index >= 15 is 0 Å². The Morgan fingerprint density at radius 3 is 2.68 bits per heavy atom. The van der Waals surface area contributed by atoms with Crippen LogP contribution in [0.5, 0.6) is 5.75 Å². The van der Waals surface area contributed by atoms with Gasteiger partial charge in [0.15, 0.2) is 0 Å². The Bertz CT molecular complexity index is 494. The lowest BCUT2D eigenvalue weighted by molar-refractivity contribution is -0.117. The summed E-state index contributed by atoms with van der Waals surface area (Å²) in [5.41, 5.74) is 0.360. The highest BCUT2D eigenvalue weighted by Gasteiger charge is 2.21. The minimum atomic E-state index is -1.07. The quantitative estimate of drug-likeness (QED) is 0.855. The molecule has 1 aromatic carbocycles. The zero-order valence-electron chi connectivity index (χ0n) is 10.8. The Morgan fingerprint density at radius 1 is 1.42 bits per heavy atom. The second-order valence-electron chi connectivity index (χ2n) is 4.77. The van der Waals surface area contributed by atoms with Crippen LogP contribution in [0.1, 0.15) is 36.0 Å². The van der Waals surface area contributed by atoms with Crippen molar-refractivity contribution in [2.45, 2.75) is 25.7 Å². The molecule has 5 nitrogen and oxygen atoms in total. The Kier molecular flexibility index (Phi) is 4.04. The number of hydrogen-bond acceptors (Lipinski definition) is 3. The summed E-state index contributed by atoms with van der Waals surface area (Å²) in [4.78, 5) is 22.9. The van der Waals surface area contributed by atoms with Crippen molar-refractivity contribution >= 4 is 17.6 Å². The molecule has 1 fully saturated rings. The lowest BCUT2D eigenvalue weighted by Crippen LogP contribution is -2.21. The van der Waals surface area contributed by atoms with Gasteiger partial charge in [0, 0.05) is 12.5 Å². The van der Waals surface area contributed by atoms with Crippen molar-refractivity contribution in [2.24, 2.45) is 5.92 Å². The molecule has 2 rings (SSSR count). The highest BCUT2D eigenvalue weighted by molar-refractivity contribution is 6.00. The van der Waals surface area contributed by atoms with Gasteiger partial charge in [-0.05, 0) is 30.9 Å². The molecule has 5 heteroatoms. The van der Waals surface area contributed by atoms with Gasteiger partial charge in [-0.2, -0.15) is 0 Å². The first-order valence-electron chi connectivity index (χ1n) is 6.31. The van der Waals surface area contributed by atoms with E-state index in [1.54, 1.807) is 6.07 Å². The topological polar surface area (TPSA) is 75.6 Å². The molecular formula is C14H17NO4. The third-order valence-electron chi connectivity index (χ3n) is 3.43. The molecule has 2 N–H and O–H groups in total. The van der Waals surface area contributed by atoms with E-state index in [-0.39, 0.29) is 17.2 Å². The summed E-state index contributed by atoms with van der Waals surface area (Å²) >= 11 is 0. The van der Waals surface area contributed by atoms with Crippen LogP contribution in [0.3, 0.4) is 0 Å². The smallest absolute Gasteiger partial charge is 0.337 e. The molecule has 0 unspecified atom stereocenters. The summed E-state index contributed by atoms with van der Waals surface area (Å²) in [5, 5.41) is 11.8. The maximum absolute atomic E-state index is 11.8. The number of anilines is 1. The predicted molar refractivity (Wildman–Crippen MR) is 70.5 cm³/mol. The predicted octanol–water partition coefficient (Wildman–Crippen LogP) is 2.52. The molecule has 102 valence electrons. The van der Waals surface area contributed by atoms with Gasteiger partial charge in [-0.1, -0.05) is 6.42 Å². The van der Waals surface area contributed by atoms with Crippen LogP contribution in [0.25, 0.3) is 0 Å². The summed E-state index contributed by atoms with van der Waals surface area (Å²) in [7, 11) is 1.50. The number of carbonyl (C=O) groups is 2. The van der Waals surface area contributed by atoms with E-state index in [9.17, 15) is 9.59 Å². The van der Waals surface area contributed by atoms with Crippen molar-refractivity contribution in [3.05, 3.63) is 23.8 Å². The van der Waals surface area contributed by atoms with E-state index in [0.717, 1.165) is 12.8 Å². The summed E-state index contributed by atoms with van der Waals surface area (Å²) in [5.74, 6) is -0.245. The molecule has 0 atom stereocenters. The van der Waals surface area contributed by atoms with E-state index in [1.165, 1.54) is 25.7 Å². The Hall–Kier alpha value is -2.04. The molecule has 1 aliphatic rings. The van der Waals surface area contributed by atoms with E-state index in [1.807, 2.05) is 0 Å². The summed E-state index contributed by atoms with van der Waals surface area (Å²) in [6.45, 7) is 0. The highest BCUT2D eigenvalue weighted by atomic mass is 16.5. The van der Waals surface area contributed by atoms with Crippen LogP contribution in [-0.4, -0.2) is 24.1 Å². The first kappa shape index (κ1) is 13.4. The van der Waals surface area contributed by atoms with Gasteiger partial charge in [-0.15, -0.1) is 0 Å². The Labute approximate surface area is 111 Å². The van der Waals surface area contributed by atoms with E-state index in [4.69, 9.17) is 9.84 Å². The number of carboxylic acid groups (broad SMARTS) is 1. The molecule has 1 amide bonds. The van der Waals surface area contributed by atoms with Gasteiger partial charge in [-0.3, -0.25) is 4.79 Å². The van der Waals surface area contributed by atoms with E-state index < -0.39 is 5.97 Å². The lowest BCUT2D eigenvalue weighted by Gasteiger charge is -2.24. The Morgan fingerprint density at radius 2 is 2.16 bits per heavy atom. The summed E-state index contributed by atoms with van der Waals surface area (Å²) in [6, 6.07) is 4.52. The number of nitrogens with one attached hydrogen (secondary N) is 1. The second kappa shape index (κ2) is 5.73. The average Bonchev–Trinajstić information content (AvgIpc) is 2.33. The maximum atomic E-state index is 11.8. The van der Waals surface area contributed by atoms with Gasteiger partial charge in [-0.25, -0.2) is 4.79 Å². The fourth-order valence-corrected chi connectivity index (χ4v) is 2.10. The number of carboxylic acids is 1. The molecule has 0 aromatic heterocycles. The third kappa shape index (κ3) is 3.24. The number of benzene rings is 1. The molecule has 1 aliphatic carbocycles. The summed E-state index contributed by atoms with van der Waals surface area (Å²) in [6.07, 6.45) is 3.79. The van der Waals surface area contributed by atoms with Crippen LogP contribution < -0.4 is 10.1 Å². The molecule has 0 aliphatic heterocycles. The second-order valence-corrected chi connectivity index (χ2v) is 4.77. The van der Waals surface area contributed by atoms with Gasteiger partial charge >= 0.3 is 5.97 Å². The number of methoxy groups -OCH3 is 1. The normalized spacial score (nSPS) is 14.6. The van der Waals surface area contributed by atoms with Crippen LogP contribution in [0.2, 0.25) is 0 Å². The summed E-state index contributed by atoms with van der Waals surface area (Å²) < 4.78 is 5.04. The fraction of sp³-hybridized carbons (Fsp3) is 0.429. The number of carbonyl (C=O) groups excluding carboxylic acids is 1. The van der Waals surface area contributed by atoms with Gasteiger partial charge in [0.25, 0.3) is 0 Å². The Balaban J connectivity index is 2.11. The standard InChI is InChI=1S/C14H17NO4/c1-19-10-5-6-11(14(17)18)12(8-10)15-13(16)7-9-3-2-4-9/h5-6,8-9H,2-4,7H2,1H3,(H,15,16)(H,17,18). The highest BCUT2D eigenvalue weighted by Crippen LogP contribution is 2.30. The van der Waals surface area contributed by atoms with Crippen molar-refractivity contribution in [3.63, 3.8) is 0 Å². The van der Waals surface area contributed by atoms with E-state index in [0.29, 0.717) is 18.1 Å². The average molecular weight is 263 g/mol. The first-order chi connectivity index (χ1) is 9.10. The number of rotatable bonds is 5. The molecule has 0 bridgehead atoms. The number of ether oxygens (including phenoxy) is 1. The maximum Gasteiger partial charge on any atom is 0.337 e. The van der Waals surface area contributed by atoms with Crippen molar-refractivity contribution in [1.82, 2.24) is 0 Å². The zero-order valence-corrected chi connectivity index (χ0v) is 10.8. The molecule has 0 saturated heterocycles. The van der Waals surface area contributed by atoms with Crippen molar-refractivity contribution < 1.29 is 19.4 Å². The monoisotopic (exact) mass is 263 g/mol. The largest absolute Gasteiger partial charge is 0.497 e. The molecule has 0 radical (unpaired) electrons. The van der Waals surface area contributed by atoms with Crippen LogP contribution in [-0.2, 0) is 4.79 Å². The van der Waals surface area contributed by atoms with Gasteiger partial charge < -0.3 is 15.2 Å². The van der Waals surface area contributed by atoms with Gasteiger partial charge in [0.05, 0.1) is 18.4 Å². The molecular weight excluding hydrogens is 246 g/mol. The molecule has 0 spiro atoms. The zero-order chi connectivity index (χ0) is 13.8. The fourth-order valence-electron chi connectivity index (χ4n) is 2.10. The van der Waals surface area contributed by atoms with Crippen LogP contribution in [0, 0.1) is 5.92 Å². The van der Waals surface area contributed by atoms with Gasteiger partial charge in [0.2, 0.25) is 5.91 Å². The van der Waals surface area contributed by atoms with E-state index in [2.05, 4.69) is 5.32 Å². The minimum absolute atomic E-state index is 0.0720.